The van der Waals surface area contributed by atoms with E-state index < -0.39 is 0 Å². The number of amides is 1. The summed E-state index contributed by atoms with van der Waals surface area (Å²) in [7, 11) is 0. The average Bonchev–Trinajstić information content (AvgIpc) is 2.82. The molecule has 0 aliphatic carbocycles. The summed E-state index contributed by atoms with van der Waals surface area (Å²) >= 11 is 0. The number of hydrogen-bond acceptors (Lipinski definition) is 3. The molecule has 1 saturated heterocycles. The highest BCUT2D eigenvalue weighted by atomic mass is 16.2. The molecule has 5 nitrogen and oxygen atoms in total. The van der Waals surface area contributed by atoms with E-state index in [2.05, 4.69) is 17.2 Å². The molecule has 0 radical (unpaired) electrons. The van der Waals surface area contributed by atoms with E-state index in [-0.39, 0.29) is 5.91 Å². The lowest BCUT2D eigenvalue weighted by molar-refractivity contribution is -0.134. The van der Waals surface area contributed by atoms with Gasteiger partial charge in [0.25, 0.3) is 0 Å². The maximum Gasteiger partial charge on any atom is 0.222 e. The zero-order valence-corrected chi connectivity index (χ0v) is 10.3. The van der Waals surface area contributed by atoms with Gasteiger partial charge in [-0.15, -0.1) is 0 Å². The molecule has 2 heterocycles. The fourth-order valence-corrected chi connectivity index (χ4v) is 2.19. The van der Waals surface area contributed by atoms with E-state index >= 15 is 0 Å². The highest BCUT2D eigenvalue weighted by molar-refractivity contribution is 5.76. The van der Waals surface area contributed by atoms with Gasteiger partial charge in [0, 0.05) is 51.0 Å². The van der Waals surface area contributed by atoms with E-state index in [1.807, 2.05) is 15.7 Å². The highest BCUT2D eigenvalue weighted by Crippen LogP contribution is 2.07. The Kier molecular flexibility index (Phi) is 4.14. The maximum atomic E-state index is 12.0. The number of hydrogen-bond donors (Lipinski definition) is 1. The molecule has 0 spiro atoms. The van der Waals surface area contributed by atoms with Crippen molar-refractivity contribution in [3.8, 4) is 0 Å². The average molecular weight is 236 g/mol. The number of aryl methyl sites for hydroxylation is 1. The molecule has 94 valence electrons. The molecule has 1 aromatic heterocycles. The smallest absolute Gasteiger partial charge is 0.222 e. The van der Waals surface area contributed by atoms with Crippen molar-refractivity contribution in [2.24, 2.45) is 0 Å². The number of imidazole rings is 1. The summed E-state index contributed by atoms with van der Waals surface area (Å²) < 4.78 is 2.01. The molecule has 0 unspecified atom stereocenters. The Morgan fingerprint density at radius 2 is 2.47 bits per heavy atom. The van der Waals surface area contributed by atoms with E-state index in [0.29, 0.717) is 12.5 Å². The number of rotatable bonds is 4. The number of nitrogens with one attached hydrogen (secondary N) is 1. The van der Waals surface area contributed by atoms with Crippen LogP contribution >= 0.6 is 0 Å². The summed E-state index contributed by atoms with van der Waals surface area (Å²) in [5.74, 6) is 0.277. The van der Waals surface area contributed by atoms with Gasteiger partial charge >= 0.3 is 0 Å². The predicted octanol–water partition coefficient (Wildman–Crippen LogP) is 0.484. The van der Waals surface area contributed by atoms with Gasteiger partial charge in [-0.1, -0.05) is 0 Å². The van der Waals surface area contributed by atoms with Gasteiger partial charge in [0.05, 0.1) is 6.33 Å². The molecule has 1 aliphatic heterocycles. The molecule has 1 aromatic rings. The van der Waals surface area contributed by atoms with Gasteiger partial charge in [-0.05, 0) is 13.3 Å². The van der Waals surface area contributed by atoms with Gasteiger partial charge < -0.3 is 14.8 Å². The molecule has 5 heteroatoms. The van der Waals surface area contributed by atoms with Gasteiger partial charge in [-0.2, -0.15) is 0 Å². The van der Waals surface area contributed by atoms with Crippen molar-refractivity contribution >= 4 is 5.91 Å². The first-order valence-electron chi connectivity index (χ1n) is 6.23. The van der Waals surface area contributed by atoms with Crippen molar-refractivity contribution in [3.63, 3.8) is 0 Å². The number of carbonyl (C=O) groups excluding carboxylic acids is 1. The van der Waals surface area contributed by atoms with E-state index in [4.69, 9.17) is 0 Å². The minimum absolute atomic E-state index is 0.277. The monoisotopic (exact) mass is 236 g/mol. The molecule has 17 heavy (non-hydrogen) atoms. The summed E-state index contributed by atoms with van der Waals surface area (Å²) in [6.07, 6.45) is 6.99. The van der Waals surface area contributed by atoms with E-state index in [1.165, 1.54) is 0 Å². The van der Waals surface area contributed by atoms with Crippen LogP contribution in [0.4, 0.5) is 0 Å². The van der Waals surface area contributed by atoms with Crippen molar-refractivity contribution < 1.29 is 4.79 Å². The molecule has 2 rings (SSSR count). The second-order valence-corrected chi connectivity index (χ2v) is 4.54. The molecule has 1 atom stereocenters. The largest absolute Gasteiger partial charge is 0.337 e. The normalized spacial score (nSPS) is 20.5. The molecule has 1 fully saturated rings. The minimum atomic E-state index is 0.277. The summed E-state index contributed by atoms with van der Waals surface area (Å²) in [4.78, 5) is 18.0. The zero-order chi connectivity index (χ0) is 12.1. The Hall–Kier alpha value is -1.36. The van der Waals surface area contributed by atoms with Crippen LogP contribution in [0.3, 0.4) is 0 Å². The number of nitrogens with zero attached hydrogens (tertiary/aromatic N) is 3. The second kappa shape index (κ2) is 5.82. The first-order valence-corrected chi connectivity index (χ1v) is 6.23. The van der Waals surface area contributed by atoms with Crippen molar-refractivity contribution in [2.45, 2.75) is 32.4 Å². The van der Waals surface area contributed by atoms with Crippen molar-refractivity contribution in [1.29, 1.82) is 0 Å². The third-order valence-corrected chi connectivity index (χ3v) is 3.19. The first-order chi connectivity index (χ1) is 8.27. The fourth-order valence-electron chi connectivity index (χ4n) is 2.19. The van der Waals surface area contributed by atoms with Crippen LogP contribution in [0, 0.1) is 0 Å². The van der Waals surface area contributed by atoms with Crippen molar-refractivity contribution in [3.05, 3.63) is 18.7 Å². The lowest BCUT2D eigenvalue weighted by atomic mass is 10.2. The van der Waals surface area contributed by atoms with Crippen LogP contribution in [0.2, 0.25) is 0 Å². The van der Waals surface area contributed by atoms with Crippen molar-refractivity contribution in [2.75, 3.05) is 19.6 Å². The summed E-state index contributed by atoms with van der Waals surface area (Å²) in [5, 5.41) is 3.29. The van der Waals surface area contributed by atoms with Crippen LogP contribution in [0.15, 0.2) is 18.7 Å². The Balaban J connectivity index is 1.73. The molecule has 1 amide bonds. The first kappa shape index (κ1) is 12.1. The van der Waals surface area contributed by atoms with Crippen LogP contribution in [-0.4, -0.2) is 46.0 Å². The zero-order valence-electron chi connectivity index (χ0n) is 10.3. The van der Waals surface area contributed by atoms with Crippen LogP contribution in [-0.2, 0) is 11.3 Å². The third kappa shape index (κ3) is 3.30. The van der Waals surface area contributed by atoms with Gasteiger partial charge in [-0.3, -0.25) is 4.79 Å². The lowest BCUT2D eigenvalue weighted by Crippen LogP contribution is -2.52. The van der Waals surface area contributed by atoms with Gasteiger partial charge in [0.2, 0.25) is 5.91 Å². The predicted molar refractivity (Wildman–Crippen MR) is 65.5 cm³/mol. The van der Waals surface area contributed by atoms with Crippen LogP contribution in [0.1, 0.15) is 19.8 Å². The lowest BCUT2D eigenvalue weighted by Gasteiger charge is -2.34. The SMILES string of the molecule is C[C@@H]1CNCCN1C(=O)CCCn1ccnc1. The number of carbonyl (C=O) groups is 1. The fraction of sp³-hybridized carbons (Fsp3) is 0.667. The Morgan fingerprint density at radius 3 is 3.18 bits per heavy atom. The number of aromatic nitrogens is 2. The molecular weight excluding hydrogens is 216 g/mol. The Bertz CT molecular complexity index is 349. The third-order valence-electron chi connectivity index (χ3n) is 3.19. The maximum absolute atomic E-state index is 12.0. The van der Waals surface area contributed by atoms with E-state index in [0.717, 1.165) is 32.6 Å². The second-order valence-electron chi connectivity index (χ2n) is 4.54. The Morgan fingerprint density at radius 1 is 1.59 bits per heavy atom. The molecule has 0 saturated carbocycles. The molecule has 1 N–H and O–H groups in total. The van der Waals surface area contributed by atoms with Crippen LogP contribution < -0.4 is 5.32 Å². The topological polar surface area (TPSA) is 50.2 Å². The quantitative estimate of drug-likeness (QED) is 0.827. The standard InChI is InChI=1S/C12H20N4O/c1-11-9-13-5-8-16(11)12(17)3-2-6-15-7-4-14-10-15/h4,7,10-11,13H,2-3,5-6,8-9H2,1H3/t11-/m1/s1. The molecule has 0 aromatic carbocycles. The number of piperazine rings is 1. The van der Waals surface area contributed by atoms with Gasteiger partial charge in [-0.25, -0.2) is 4.98 Å². The highest BCUT2D eigenvalue weighted by Gasteiger charge is 2.21. The van der Waals surface area contributed by atoms with Crippen LogP contribution in [0.25, 0.3) is 0 Å². The minimum Gasteiger partial charge on any atom is -0.337 e. The van der Waals surface area contributed by atoms with Gasteiger partial charge in [0.1, 0.15) is 0 Å². The van der Waals surface area contributed by atoms with Crippen molar-refractivity contribution in [1.82, 2.24) is 19.8 Å². The molecule has 1 aliphatic rings. The van der Waals surface area contributed by atoms with E-state index in [9.17, 15) is 4.79 Å². The Labute approximate surface area is 102 Å². The summed E-state index contributed by atoms with van der Waals surface area (Å²) in [6.45, 7) is 5.63. The summed E-state index contributed by atoms with van der Waals surface area (Å²) in [5.41, 5.74) is 0. The van der Waals surface area contributed by atoms with Crippen LogP contribution in [0.5, 0.6) is 0 Å². The van der Waals surface area contributed by atoms with Gasteiger partial charge in [0.15, 0.2) is 0 Å². The molecule has 0 bridgehead atoms. The van der Waals surface area contributed by atoms with E-state index in [1.54, 1.807) is 12.5 Å². The molecular formula is C12H20N4O. The summed E-state index contributed by atoms with van der Waals surface area (Å²) in [6, 6.07) is 0.324.